The van der Waals surface area contributed by atoms with Crippen molar-refractivity contribution in [1.29, 1.82) is 0 Å². The molecule has 134 valence electrons. The Morgan fingerprint density at radius 2 is 2.00 bits per heavy atom. The monoisotopic (exact) mass is 347 g/mol. The summed E-state index contributed by atoms with van der Waals surface area (Å²) in [5.41, 5.74) is 2.76. The molecule has 26 heavy (non-hydrogen) atoms. The molecule has 0 spiro atoms. The Labute approximate surface area is 154 Å². The standard InChI is InChI=1S/C22H25N3O/c26-22(19-9-10-21-18(14-19)11-13-24-21)25(15-17-6-2-1-3-7-17)16-20-8-4-5-12-23-20/h4-5,8-14,17,24H,1-3,6-7,15-16H2. The molecule has 4 heteroatoms. The summed E-state index contributed by atoms with van der Waals surface area (Å²) >= 11 is 0. The SMILES string of the molecule is O=C(c1ccc2[nH]ccc2c1)N(Cc1ccccn1)CC1CCCCC1. The van der Waals surface area contributed by atoms with E-state index in [9.17, 15) is 4.79 Å². The number of aromatic nitrogens is 2. The molecule has 0 bridgehead atoms. The molecule has 2 heterocycles. The highest BCUT2D eigenvalue weighted by Crippen LogP contribution is 2.26. The van der Waals surface area contributed by atoms with E-state index < -0.39 is 0 Å². The summed E-state index contributed by atoms with van der Waals surface area (Å²) < 4.78 is 0. The molecule has 0 unspecified atom stereocenters. The van der Waals surface area contributed by atoms with Crippen molar-refractivity contribution in [3.63, 3.8) is 0 Å². The van der Waals surface area contributed by atoms with Crippen LogP contribution in [0.25, 0.3) is 10.9 Å². The normalized spacial score (nSPS) is 15.2. The minimum atomic E-state index is 0.101. The summed E-state index contributed by atoms with van der Waals surface area (Å²) in [7, 11) is 0. The Balaban J connectivity index is 1.58. The fourth-order valence-electron chi connectivity index (χ4n) is 3.96. The van der Waals surface area contributed by atoms with E-state index in [1.165, 1.54) is 32.1 Å². The van der Waals surface area contributed by atoms with Crippen LogP contribution in [-0.4, -0.2) is 27.3 Å². The summed E-state index contributed by atoms with van der Waals surface area (Å²) in [6, 6.07) is 13.8. The maximum Gasteiger partial charge on any atom is 0.254 e. The Morgan fingerprint density at radius 3 is 2.81 bits per heavy atom. The average molecular weight is 347 g/mol. The van der Waals surface area contributed by atoms with Gasteiger partial charge < -0.3 is 9.88 Å². The topological polar surface area (TPSA) is 49.0 Å². The van der Waals surface area contributed by atoms with Crippen molar-refractivity contribution in [3.05, 3.63) is 66.1 Å². The van der Waals surface area contributed by atoms with E-state index in [-0.39, 0.29) is 5.91 Å². The number of nitrogens with zero attached hydrogens (tertiary/aromatic N) is 2. The molecular formula is C22H25N3O. The van der Waals surface area contributed by atoms with Crippen molar-refractivity contribution in [2.24, 2.45) is 5.92 Å². The Bertz CT molecular complexity index is 865. The number of H-pyrrole nitrogens is 1. The number of hydrogen-bond donors (Lipinski definition) is 1. The van der Waals surface area contributed by atoms with Crippen LogP contribution < -0.4 is 0 Å². The number of carbonyl (C=O) groups excluding carboxylic acids is 1. The Morgan fingerprint density at radius 1 is 1.12 bits per heavy atom. The van der Waals surface area contributed by atoms with Crippen molar-refractivity contribution in [3.8, 4) is 0 Å². The van der Waals surface area contributed by atoms with Crippen LogP contribution in [-0.2, 0) is 6.54 Å². The van der Waals surface area contributed by atoms with Gasteiger partial charge in [-0.2, -0.15) is 0 Å². The summed E-state index contributed by atoms with van der Waals surface area (Å²) in [6.45, 7) is 1.39. The average Bonchev–Trinajstić information content (AvgIpc) is 3.16. The molecule has 0 saturated heterocycles. The molecule has 0 radical (unpaired) electrons. The van der Waals surface area contributed by atoms with E-state index in [1.54, 1.807) is 6.20 Å². The maximum atomic E-state index is 13.3. The second-order valence-electron chi connectivity index (χ2n) is 7.29. The second-order valence-corrected chi connectivity index (χ2v) is 7.29. The predicted octanol–water partition coefficient (Wildman–Crippen LogP) is 4.79. The fourth-order valence-corrected chi connectivity index (χ4v) is 3.96. The van der Waals surface area contributed by atoms with Gasteiger partial charge in [0, 0.05) is 35.4 Å². The zero-order chi connectivity index (χ0) is 17.8. The van der Waals surface area contributed by atoms with Crippen LogP contribution in [0.2, 0.25) is 0 Å². The van der Waals surface area contributed by atoms with E-state index >= 15 is 0 Å². The van der Waals surface area contributed by atoms with Crippen molar-refractivity contribution in [2.45, 2.75) is 38.6 Å². The number of hydrogen-bond acceptors (Lipinski definition) is 2. The first kappa shape index (κ1) is 16.8. The lowest BCUT2D eigenvalue weighted by atomic mass is 9.88. The van der Waals surface area contributed by atoms with Crippen LogP contribution >= 0.6 is 0 Å². The number of benzene rings is 1. The summed E-state index contributed by atoms with van der Waals surface area (Å²) in [5.74, 6) is 0.705. The van der Waals surface area contributed by atoms with Gasteiger partial charge in [-0.25, -0.2) is 0 Å². The van der Waals surface area contributed by atoms with Gasteiger partial charge in [0.25, 0.3) is 5.91 Å². The van der Waals surface area contributed by atoms with Crippen LogP contribution in [0.3, 0.4) is 0 Å². The van der Waals surface area contributed by atoms with E-state index in [4.69, 9.17) is 0 Å². The number of fused-ring (bicyclic) bond motifs is 1. The summed E-state index contributed by atoms with van der Waals surface area (Å²) in [5, 5.41) is 1.08. The predicted molar refractivity (Wildman–Crippen MR) is 104 cm³/mol. The molecule has 2 aromatic heterocycles. The number of carbonyl (C=O) groups is 1. The first-order valence-electron chi connectivity index (χ1n) is 9.56. The first-order valence-corrected chi connectivity index (χ1v) is 9.56. The van der Waals surface area contributed by atoms with Gasteiger partial charge in [-0.05, 0) is 55.2 Å². The highest BCUT2D eigenvalue weighted by Gasteiger charge is 2.22. The van der Waals surface area contributed by atoms with Gasteiger partial charge in [0.15, 0.2) is 0 Å². The van der Waals surface area contributed by atoms with Crippen molar-refractivity contribution in [1.82, 2.24) is 14.9 Å². The van der Waals surface area contributed by atoms with E-state index in [0.717, 1.165) is 28.7 Å². The second kappa shape index (κ2) is 7.73. The number of aromatic amines is 1. The number of rotatable bonds is 5. The molecule has 1 fully saturated rings. The van der Waals surface area contributed by atoms with Gasteiger partial charge >= 0.3 is 0 Å². The van der Waals surface area contributed by atoms with Crippen LogP contribution in [0.4, 0.5) is 0 Å². The van der Waals surface area contributed by atoms with Gasteiger partial charge in [-0.3, -0.25) is 9.78 Å². The van der Waals surface area contributed by atoms with E-state index in [0.29, 0.717) is 12.5 Å². The molecule has 4 rings (SSSR count). The van der Waals surface area contributed by atoms with Crippen LogP contribution in [0.1, 0.15) is 48.2 Å². The number of amides is 1. The van der Waals surface area contributed by atoms with Crippen molar-refractivity contribution < 1.29 is 4.79 Å². The van der Waals surface area contributed by atoms with Crippen LogP contribution in [0.15, 0.2) is 54.9 Å². The minimum Gasteiger partial charge on any atom is -0.361 e. The largest absolute Gasteiger partial charge is 0.361 e. The maximum absolute atomic E-state index is 13.3. The molecule has 1 aliphatic carbocycles. The third kappa shape index (κ3) is 3.79. The van der Waals surface area contributed by atoms with Crippen LogP contribution in [0.5, 0.6) is 0 Å². The Kier molecular flexibility index (Phi) is 5.00. The molecule has 1 aromatic carbocycles. The molecule has 0 atom stereocenters. The number of pyridine rings is 1. The van der Waals surface area contributed by atoms with E-state index in [1.807, 2.05) is 53.6 Å². The van der Waals surface area contributed by atoms with Gasteiger partial charge in [0.05, 0.1) is 12.2 Å². The highest BCUT2D eigenvalue weighted by molar-refractivity contribution is 5.98. The molecule has 1 aliphatic rings. The summed E-state index contributed by atoms with van der Waals surface area (Å²) in [6.07, 6.45) is 10.1. The van der Waals surface area contributed by atoms with Crippen LogP contribution in [0, 0.1) is 5.92 Å². The fraction of sp³-hybridized carbons (Fsp3) is 0.364. The lowest BCUT2D eigenvalue weighted by Crippen LogP contribution is -2.35. The lowest BCUT2D eigenvalue weighted by Gasteiger charge is -2.30. The lowest BCUT2D eigenvalue weighted by molar-refractivity contribution is 0.0697. The molecular weight excluding hydrogens is 322 g/mol. The molecule has 4 nitrogen and oxygen atoms in total. The Hall–Kier alpha value is -2.62. The van der Waals surface area contributed by atoms with Crippen molar-refractivity contribution >= 4 is 16.8 Å². The molecule has 1 saturated carbocycles. The van der Waals surface area contributed by atoms with E-state index in [2.05, 4.69) is 9.97 Å². The third-order valence-electron chi connectivity index (χ3n) is 5.37. The quantitative estimate of drug-likeness (QED) is 0.722. The van der Waals surface area contributed by atoms with Gasteiger partial charge in [-0.1, -0.05) is 25.3 Å². The molecule has 1 amide bonds. The number of nitrogens with one attached hydrogen (secondary N) is 1. The summed E-state index contributed by atoms with van der Waals surface area (Å²) in [4.78, 5) is 22.9. The molecule has 0 aliphatic heterocycles. The van der Waals surface area contributed by atoms with Gasteiger partial charge in [0.2, 0.25) is 0 Å². The first-order chi connectivity index (χ1) is 12.8. The highest BCUT2D eigenvalue weighted by atomic mass is 16.2. The van der Waals surface area contributed by atoms with Gasteiger partial charge in [-0.15, -0.1) is 0 Å². The van der Waals surface area contributed by atoms with Crippen molar-refractivity contribution in [2.75, 3.05) is 6.54 Å². The smallest absolute Gasteiger partial charge is 0.254 e. The minimum absolute atomic E-state index is 0.101. The molecule has 1 N–H and O–H groups in total. The zero-order valence-corrected chi connectivity index (χ0v) is 15.0. The zero-order valence-electron chi connectivity index (χ0n) is 15.0. The third-order valence-corrected chi connectivity index (χ3v) is 5.37. The molecule has 3 aromatic rings. The van der Waals surface area contributed by atoms with Gasteiger partial charge in [0.1, 0.15) is 0 Å².